The zero-order valence-electron chi connectivity index (χ0n) is 18.2. The minimum absolute atomic E-state index is 0.0747. The molecule has 0 saturated carbocycles. The smallest absolute Gasteiger partial charge is 0.226 e. The third-order valence-electron chi connectivity index (χ3n) is 4.31. The van der Waals surface area contributed by atoms with Crippen molar-refractivity contribution in [2.75, 3.05) is 20.3 Å². The molecule has 2 aromatic carbocycles. The van der Waals surface area contributed by atoms with Gasteiger partial charge in [-0.05, 0) is 50.1 Å². The van der Waals surface area contributed by atoms with Gasteiger partial charge in [0.05, 0.1) is 12.7 Å². The van der Waals surface area contributed by atoms with E-state index in [1.807, 2.05) is 32.0 Å². The molecule has 0 atom stereocenters. The quantitative estimate of drug-likeness (QED) is 0.286. The minimum Gasteiger partial charge on any atom is -0.493 e. The number of carbonyl (C=O) groups is 1. The van der Waals surface area contributed by atoms with Crippen molar-refractivity contribution in [3.63, 3.8) is 0 Å². The highest BCUT2D eigenvalue weighted by Gasteiger charge is 2.16. The van der Waals surface area contributed by atoms with Crippen molar-refractivity contribution >= 4 is 11.9 Å². The van der Waals surface area contributed by atoms with Gasteiger partial charge in [0.25, 0.3) is 0 Å². The Bertz CT molecular complexity index is 902. The first-order valence-corrected chi connectivity index (χ1v) is 10.1. The fourth-order valence-corrected chi connectivity index (χ4v) is 2.99. The molecule has 0 aliphatic rings. The molecule has 31 heavy (non-hydrogen) atoms. The second kappa shape index (κ2) is 11.9. The van der Waals surface area contributed by atoms with Crippen LogP contribution < -0.4 is 20.5 Å². The summed E-state index contributed by atoms with van der Waals surface area (Å²) in [6, 6.07) is 9.94. The molecule has 0 bridgehead atoms. The van der Waals surface area contributed by atoms with E-state index in [-0.39, 0.29) is 30.2 Å². The van der Waals surface area contributed by atoms with Crippen molar-refractivity contribution in [3.8, 4) is 22.6 Å². The third-order valence-corrected chi connectivity index (χ3v) is 4.31. The van der Waals surface area contributed by atoms with E-state index in [1.54, 1.807) is 13.2 Å². The number of rotatable bonds is 11. The van der Waals surface area contributed by atoms with Crippen LogP contribution in [-0.4, -0.2) is 38.3 Å². The Kier molecular flexibility index (Phi) is 9.27. The lowest BCUT2D eigenvalue weighted by molar-refractivity contribution is -0.119. The normalized spacial score (nSPS) is 10.7. The number of nitrogens with one attached hydrogen (secondary N) is 2. The van der Waals surface area contributed by atoms with E-state index in [2.05, 4.69) is 5.32 Å². The Balaban J connectivity index is 2.34. The lowest BCUT2D eigenvalue weighted by Gasteiger charge is -2.18. The van der Waals surface area contributed by atoms with Crippen LogP contribution in [0.25, 0.3) is 11.1 Å². The van der Waals surface area contributed by atoms with Crippen LogP contribution in [0.15, 0.2) is 36.4 Å². The Morgan fingerprint density at radius 3 is 2.58 bits per heavy atom. The van der Waals surface area contributed by atoms with Gasteiger partial charge in [-0.1, -0.05) is 12.1 Å². The lowest BCUT2D eigenvalue weighted by atomic mass is 9.99. The molecule has 0 spiro atoms. The Hall–Kier alpha value is -3.13. The number of carbonyl (C=O) groups excluding carboxylic acids is 1. The fourth-order valence-electron chi connectivity index (χ4n) is 2.99. The summed E-state index contributed by atoms with van der Waals surface area (Å²) in [6.45, 7) is 4.79. The number of guanidine groups is 1. The van der Waals surface area contributed by atoms with Gasteiger partial charge in [-0.3, -0.25) is 15.5 Å². The standard InChI is InChI=1S/C23H30FN3O4/c1-15(2)31-20-9-7-17(24)14-19(20)18-8-5-16(6-10-22(28)27-23(25)26)13-21(18)30-12-4-11-29-3/h5,7-9,13-15H,4,6,10-12H2,1-3H3,(H4,25,26,27,28). The molecule has 0 aliphatic heterocycles. The lowest BCUT2D eigenvalue weighted by Crippen LogP contribution is -2.35. The number of hydrogen-bond acceptors (Lipinski definition) is 5. The molecule has 0 unspecified atom stereocenters. The molecule has 2 aromatic rings. The molecule has 0 aliphatic carbocycles. The van der Waals surface area contributed by atoms with E-state index in [1.165, 1.54) is 12.1 Å². The fraction of sp³-hybridized carbons (Fsp3) is 0.391. The monoisotopic (exact) mass is 431 g/mol. The number of methoxy groups -OCH3 is 1. The highest BCUT2D eigenvalue weighted by Crippen LogP contribution is 2.38. The van der Waals surface area contributed by atoms with Crippen molar-refractivity contribution in [1.29, 1.82) is 5.41 Å². The number of hydrogen-bond donors (Lipinski definition) is 3. The summed E-state index contributed by atoms with van der Waals surface area (Å²) in [5.41, 5.74) is 7.35. The largest absolute Gasteiger partial charge is 0.493 e. The maximum absolute atomic E-state index is 14.1. The number of aryl methyl sites for hydroxylation is 1. The van der Waals surface area contributed by atoms with Gasteiger partial charge in [0.15, 0.2) is 5.96 Å². The molecule has 2 rings (SSSR count). The topological polar surface area (TPSA) is 107 Å². The van der Waals surface area contributed by atoms with Gasteiger partial charge in [0, 0.05) is 37.7 Å². The van der Waals surface area contributed by atoms with Gasteiger partial charge in [-0.25, -0.2) is 4.39 Å². The molecule has 0 heterocycles. The second-order valence-electron chi connectivity index (χ2n) is 7.29. The number of ether oxygens (including phenoxy) is 3. The molecule has 0 fully saturated rings. The molecular formula is C23H30FN3O4. The zero-order valence-corrected chi connectivity index (χ0v) is 18.2. The molecule has 7 nitrogen and oxygen atoms in total. The van der Waals surface area contributed by atoms with Crippen LogP contribution in [0.4, 0.5) is 4.39 Å². The first-order chi connectivity index (χ1) is 14.8. The van der Waals surface area contributed by atoms with Crippen molar-refractivity contribution in [3.05, 3.63) is 47.8 Å². The maximum atomic E-state index is 14.1. The number of benzene rings is 2. The molecule has 0 radical (unpaired) electrons. The summed E-state index contributed by atoms with van der Waals surface area (Å²) in [5, 5.41) is 9.40. The zero-order chi connectivity index (χ0) is 22.8. The minimum atomic E-state index is -0.383. The van der Waals surface area contributed by atoms with Crippen LogP contribution in [0.3, 0.4) is 0 Å². The van der Waals surface area contributed by atoms with Crippen molar-refractivity contribution in [2.45, 2.75) is 39.2 Å². The van der Waals surface area contributed by atoms with Gasteiger partial charge in [0.2, 0.25) is 5.91 Å². The summed E-state index contributed by atoms with van der Waals surface area (Å²) in [6.07, 6.45) is 1.23. The first kappa shape index (κ1) is 24.1. The second-order valence-corrected chi connectivity index (χ2v) is 7.29. The van der Waals surface area contributed by atoms with Crippen molar-refractivity contribution in [1.82, 2.24) is 5.32 Å². The van der Waals surface area contributed by atoms with E-state index in [0.29, 0.717) is 48.7 Å². The molecular weight excluding hydrogens is 401 g/mol. The van der Waals surface area contributed by atoms with Gasteiger partial charge >= 0.3 is 0 Å². The summed E-state index contributed by atoms with van der Waals surface area (Å²) >= 11 is 0. The maximum Gasteiger partial charge on any atom is 0.226 e. The highest BCUT2D eigenvalue weighted by molar-refractivity contribution is 5.94. The molecule has 1 amide bonds. The van der Waals surface area contributed by atoms with E-state index in [0.717, 1.165) is 5.56 Å². The Morgan fingerprint density at radius 2 is 1.90 bits per heavy atom. The molecule has 168 valence electrons. The number of amides is 1. The van der Waals surface area contributed by atoms with Gasteiger partial charge in [-0.15, -0.1) is 0 Å². The van der Waals surface area contributed by atoms with Gasteiger partial charge in [-0.2, -0.15) is 0 Å². The summed E-state index contributed by atoms with van der Waals surface area (Å²) < 4.78 is 31.0. The Morgan fingerprint density at radius 1 is 1.13 bits per heavy atom. The Labute approximate surface area is 182 Å². The summed E-state index contributed by atoms with van der Waals surface area (Å²) in [4.78, 5) is 11.8. The highest BCUT2D eigenvalue weighted by atomic mass is 19.1. The molecule has 0 saturated heterocycles. The van der Waals surface area contributed by atoms with Crippen LogP contribution >= 0.6 is 0 Å². The number of nitrogens with two attached hydrogens (primary N) is 1. The average molecular weight is 432 g/mol. The molecule has 4 N–H and O–H groups in total. The van der Waals surface area contributed by atoms with Crippen LogP contribution in [0.2, 0.25) is 0 Å². The van der Waals surface area contributed by atoms with Crippen molar-refractivity contribution in [2.24, 2.45) is 5.73 Å². The molecule has 0 aromatic heterocycles. The summed E-state index contributed by atoms with van der Waals surface area (Å²) in [5.74, 6) is 0.0381. The number of halogens is 1. The predicted octanol–water partition coefficient (Wildman–Crippen LogP) is 3.64. The van der Waals surface area contributed by atoms with Gasteiger partial charge in [0.1, 0.15) is 17.3 Å². The van der Waals surface area contributed by atoms with E-state index in [4.69, 9.17) is 25.4 Å². The average Bonchev–Trinajstić information content (AvgIpc) is 2.70. The predicted molar refractivity (Wildman–Crippen MR) is 118 cm³/mol. The van der Waals surface area contributed by atoms with Crippen molar-refractivity contribution < 1.29 is 23.4 Å². The van der Waals surface area contributed by atoms with Crippen LogP contribution in [0.5, 0.6) is 11.5 Å². The van der Waals surface area contributed by atoms with Crippen LogP contribution in [0.1, 0.15) is 32.3 Å². The summed E-state index contributed by atoms with van der Waals surface area (Å²) in [7, 11) is 1.63. The van der Waals surface area contributed by atoms with Crippen LogP contribution in [0, 0.1) is 11.2 Å². The van der Waals surface area contributed by atoms with Gasteiger partial charge < -0.3 is 19.9 Å². The van der Waals surface area contributed by atoms with Crippen LogP contribution in [-0.2, 0) is 16.0 Å². The van der Waals surface area contributed by atoms with E-state index < -0.39 is 0 Å². The molecule has 8 heteroatoms. The van der Waals surface area contributed by atoms with E-state index in [9.17, 15) is 9.18 Å². The van der Waals surface area contributed by atoms with E-state index >= 15 is 0 Å². The SMILES string of the molecule is COCCCOc1cc(CCC(=O)NC(=N)N)ccc1-c1cc(F)ccc1OC(C)C. The third kappa shape index (κ3) is 7.90. The first-order valence-electron chi connectivity index (χ1n) is 10.1.